The zero-order valence-corrected chi connectivity index (χ0v) is 21.4. The Labute approximate surface area is 218 Å². The molecule has 3 N–H and O–H groups in total. The highest BCUT2D eigenvalue weighted by Gasteiger charge is 2.65. The molecule has 2 aromatic carbocycles. The number of carbonyl (C=O) groups is 1. The summed E-state index contributed by atoms with van der Waals surface area (Å²) >= 11 is 0. The maximum Gasteiger partial charge on any atom is 0.235 e. The molecule has 1 saturated carbocycles. The molecule has 11 nitrogen and oxygen atoms in total. The van der Waals surface area contributed by atoms with E-state index in [9.17, 15) is 13.2 Å². The van der Waals surface area contributed by atoms with Crippen molar-refractivity contribution in [2.75, 3.05) is 47.2 Å². The molecule has 1 spiro atoms. The Balaban J connectivity index is 1.13. The molecule has 3 aliphatic rings. The SMILES string of the molecule is COc1ccc2c(c1)[C@]1(C[C@H]1c1ccc3c(Nc4cc(N5CCS(=O)(=O)CC5)ncn4)n[nH]c3c1)C(=O)N2. The Morgan fingerprint density at radius 1 is 1.11 bits per heavy atom. The number of fused-ring (bicyclic) bond motifs is 3. The number of carbonyl (C=O) groups excluding carboxylic acids is 1. The van der Waals surface area contributed by atoms with Gasteiger partial charge in [0.05, 0.1) is 29.5 Å². The van der Waals surface area contributed by atoms with Gasteiger partial charge >= 0.3 is 0 Å². The number of methoxy groups -OCH3 is 1. The first kappa shape index (κ1) is 23.0. The predicted octanol–water partition coefficient (Wildman–Crippen LogP) is 2.72. The highest BCUT2D eigenvalue weighted by atomic mass is 32.2. The van der Waals surface area contributed by atoms with E-state index in [2.05, 4.69) is 36.9 Å². The number of sulfone groups is 1. The summed E-state index contributed by atoms with van der Waals surface area (Å²) in [7, 11) is -1.35. The number of nitrogens with one attached hydrogen (secondary N) is 3. The fourth-order valence-electron chi connectivity index (χ4n) is 5.70. The number of H-pyrrole nitrogens is 1. The second-order valence-electron chi connectivity index (χ2n) is 10.00. The van der Waals surface area contributed by atoms with Crippen LogP contribution in [0.1, 0.15) is 23.5 Å². The zero-order chi connectivity index (χ0) is 26.1. The van der Waals surface area contributed by atoms with Gasteiger partial charge in [0.25, 0.3) is 0 Å². The Hall–Kier alpha value is -4.19. The van der Waals surface area contributed by atoms with Crippen LogP contribution in [-0.2, 0) is 20.0 Å². The monoisotopic (exact) mass is 531 g/mol. The number of amides is 1. The summed E-state index contributed by atoms with van der Waals surface area (Å²) in [5.41, 5.74) is 3.20. The van der Waals surface area contributed by atoms with E-state index in [-0.39, 0.29) is 23.3 Å². The molecule has 4 heterocycles. The van der Waals surface area contributed by atoms with Crippen LogP contribution in [0, 0.1) is 0 Å². The van der Waals surface area contributed by atoms with E-state index in [1.165, 1.54) is 6.33 Å². The van der Waals surface area contributed by atoms with Crippen molar-refractivity contribution < 1.29 is 17.9 Å². The minimum atomic E-state index is -2.98. The second kappa shape index (κ2) is 8.15. The molecule has 1 aliphatic carbocycles. The van der Waals surface area contributed by atoms with E-state index in [0.717, 1.165) is 39.9 Å². The van der Waals surface area contributed by atoms with Crippen LogP contribution in [0.15, 0.2) is 48.8 Å². The number of hydrogen-bond donors (Lipinski definition) is 3. The van der Waals surface area contributed by atoms with Gasteiger partial charge in [0.15, 0.2) is 15.7 Å². The lowest BCUT2D eigenvalue weighted by molar-refractivity contribution is -0.118. The number of aromatic nitrogens is 4. The largest absolute Gasteiger partial charge is 0.497 e. The fourth-order valence-corrected chi connectivity index (χ4v) is 6.90. The summed E-state index contributed by atoms with van der Waals surface area (Å²) in [6, 6.07) is 13.6. The van der Waals surface area contributed by atoms with Crippen molar-refractivity contribution in [2.24, 2.45) is 0 Å². The Morgan fingerprint density at radius 3 is 2.76 bits per heavy atom. The van der Waals surface area contributed by atoms with Crippen molar-refractivity contribution in [2.45, 2.75) is 17.8 Å². The molecule has 0 unspecified atom stereocenters. The molecule has 194 valence electrons. The smallest absolute Gasteiger partial charge is 0.235 e. The molecular weight excluding hydrogens is 506 g/mol. The third-order valence-corrected chi connectivity index (χ3v) is 9.49. The van der Waals surface area contributed by atoms with E-state index < -0.39 is 15.3 Å². The number of rotatable bonds is 5. The molecule has 2 aromatic heterocycles. The van der Waals surface area contributed by atoms with Gasteiger partial charge in [-0.05, 0) is 47.9 Å². The Morgan fingerprint density at radius 2 is 1.95 bits per heavy atom. The number of nitrogens with zero attached hydrogens (tertiary/aromatic N) is 4. The minimum Gasteiger partial charge on any atom is -0.497 e. The summed E-state index contributed by atoms with van der Waals surface area (Å²) in [5.74, 6) is 2.94. The molecule has 4 aromatic rings. The first-order valence-corrected chi connectivity index (χ1v) is 14.2. The van der Waals surface area contributed by atoms with Crippen molar-refractivity contribution in [3.63, 3.8) is 0 Å². The van der Waals surface area contributed by atoms with Crippen LogP contribution in [0.25, 0.3) is 10.9 Å². The van der Waals surface area contributed by atoms with Gasteiger partial charge in [-0.2, -0.15) is 5.10 Å². The van der Waals surface area contributed by atoms with Crippen LogP contribution >= 0.6 is 0 Å². The number of ether oxygens (including phenoxy) is 1. The molecule has 0 bridgehead atoms. The van der Waals surface area contributed by atoms with Crippen LogP contribution in [0.3, 0.4) is 0 Å². The third kappa shape index (κ3) is 3.58. The van der Waals surface area contributed by atoms with E-state index in [1.807, 2.05) is 35.2 Å². The number of anilines is 4. The van der Waals surface area contributed by atoms with Crippen molar-refractivity contribution in [3.8, 4) is 5.75 Å². The van der Waals surface area contributed by atoms with E-state index >= 15 is 0 Å². The topological polar surface area (TPSA) is 142 Å². The van der Waals surface area contributed by atoms with Crippen LogP contribution < -0.4 is 20.3 Å². The molecule has 12 heteroatoms. The molecule has 0 radical (unpaired) electrons. The summed E-state index contributed by atoms with van der Waals surface area (Å²) in [4.78, 5) is 23.6. The second-order valence-corrected chi connectivity index (χ2v) is 12.3. The summed E-state index contributed by atoms with van der Waals surface area (Å²) in [6.45, 7) is 0.815. The van der Waals surface area contributed by atoms with Crippen molar-refractivity contribution in [1.29, 1.82) is 0 Å². The maximum absolute atomic E-state index is 13.0. The van der Waals surface area contributed by atoms with Gasteiger partial charge in [-0.1, -0.05) is 6.07 Å². The normalized spacial score (nSPS) is 23.3. The highest BCUT2D eigenvalue weighted by molar-refractivity contribution is 7.91. The van der Waals surface area contributed by atoms with E-state index in [4.69, 9.17) is 4.74 Å². The van der Waals surface area contributed by atoms with Crippen LogP contribution in [0.4, 0.5) is 23.1 Å². The van der Waals surface area contributed by atoms with Crippen molar-refractivity contribution in [3.05, 3.63) is 59.9 Å². The van der Waals surface area contributed by atoms with E-state index in [1.54, 1.807) is 13.2 Å². The predicted molar refractivity (Wildman–Crippen MR) is 143 cm³/mol. The van der Waals surface area contributed by atoms with Crippen LogP contribution in [0.5, 0.6) is 5.75 Å². The lowest BCUT2D eigenvalue weighted by Crippen LogP contribution is -2.40. The zero-order valence-electron chi connectivity index (χ0n) is 20.6. The van der Waals surface area contributed by atoms with Gasteiger partial charge in [-0.25, -0.2) is 18.4 Å². The summed E-state index contributed by atoms with van der Waals surface area (Å²) in [6.07, 6.45) is 2.20. The molecule has 1 saturated heterocycles. The number of aromatic amines is 1. The first-order chi connectivity index (χ1) is 18.4. The molecular formula is C26H25N7O4S. The average molecular weight is 532 g/mol. The Bertz CT molecular complexity index is 1710. The average Bonchev–Trinajstić information content (AvgIpc) is 3.47. The standard InChI is InChI=1S/C26H25N7O4S/c1-37-16-3-5-20-18(11-16)26(25(34)29-20)13-19(26)15-2-4-17-21(10-15)31-32-24(17)30-22-12-23(28-14-27-22)33-6-8-38(35,36)9-7-33/h2-5,10-12,14,19H,6-9,13H2,1H3,(H,29,34)(H2,27,28,30,31,32)/t19-,26-/m0/s1. The molecule has 38 heavy (non-hydrogen) atoms. The van der Waals surface area contributed by atoms with Crippen molar-refractivity contribution >= 4 is 49.8 Å². The molecule has 7 rings (SSSR count). The minimum absolute atomic E-state index is 0.0312. The van der Waals surface area contributed by atoms with Gasteiger partial charge in [0, 0.05) is 36.1 Å². The van der Waals surface area contributed by atoms with Gasteiger partial charge in [-0.15, -0.1) is 0 Å². The van der Waals surface area contributed by atoms with Gasteiger partial charge in [0.1, 0.15) is 23.7 Å². The Kier molecular flexibility index (Phi) is 4.93. The first-order valence-electron chi connectivity index (χ1n) is 12.4. The summed E-state index contributed by atoms with van der Waals surface area (Å²) in [5, 5.41) is 14.7. The fraction of sp³-hybridized carbons (Fsp3) is 0.308. The number of benzene rings is 2. The van der Waals surface area contributed by atoms with Gasteiger partial charge < -0.3 is 20.3 Å². The molecule has 2 fully saturated rings. The van der Waals surface area contributed by atoms with Crippen LogP contribution in [0.2, 0.25) is 0 Å². The lowest BCUT2D eigenvalue weighted by atomic mass is 9.91. The number of hydrogen-bond acceptors (Lipinski definition) is 9. The quantitative estimate of drug-likeness (QED) is 0.354. The van der Waals surface area contributed by atoms with Crippen molar-refractivity contribution in [1.82, 2.24) is 20.2 Å². The van der Waals surface area contributed by atoms with Crippen LogP contribution in [-0.4, -0.2) is 66.2 Å². The molecule has 2 atom stereocenters. The lowest BCUT2D eigenvalue weighted by Gasteiger charge is -2.27. The van der Waals surface area contributed by atoms with E-state index in [0.29, 0.717) is 30.5 Å². The molecule has 1 amide bonds. The summed E-state index contributed by atoms with van der Waals surface area (Å²) < 4.78 is 28.9. The molecule has 2 aliphatic heterocycles. The van der Waals surface area contributed by atoms with Gasteiger partial charge in [0.2, 0.25) is 5.91 Å². The maximum atomic E-state index is 13.0. The van der Waals surface area contributed by atoms with Gasteiger partial charge in [-0.3, -0.25) is 9.89 Å². The highest BCUT2D eigenvalue weighted by Crippen LogP contribution is 2.65. The third-order valence-electron chi connectivity index (χ3n) is 7.88.